The van der Waals surface area contributed by atoms with Crippen LogP contribution >= 0.6 is 0 Å². The third-order valence-electron chi connectivity index (χ3n) is 4.26. The predicted octanol–water partition coefficient (Wildman–Crippen LogP) is 0.0548. The number of fused-ring (bicyclic) bond motifs is 1. The van der Waals surface area contributed by atoms with Crippen LogP contribution < -0.4 is 5.32 Å². The number of benzene rings is 1. The van der Waals surface area contributed by atoms with Crippen LogP contribution in [0.4, 0.5) is 0 Å². The van der Waals surface area contributed by atoms with Gasteiger partial charge in [-0.15, -0.1) is 0 Å². The zero-order valence-corrected chi connectivity index (χ0v) is 16.2. The van der Waals surface area contributed by atoms with E-state index in [0.717, 1.165) is 4.90 Å². The highest BCUT2D eigenvalue weighted by atomic mass is 16.5. The summed E-state index contributed by atoms with van der Waals surface area (Å²) in [7, 11) is 3.09. The topological polar surface area (TPSA) is 113 Å². The molecule has 9 heteroatoms. The van der Waals surface area contributed by atoms with Crippen molar-refractivity contribution in [2.24, 2.45) is 5.92 Å². The van der Waals surface area contributed by atoms with Crippen molar-refractivity contribution in [2.45, 2.75) is 19.9 Å². The van der Waals surface area contributed by atoms with Gasteiger partial charge in [0.15, 0.2) is 6.61 Å². The van der Waals surface area contributed by atoms with E-state index in [1.807, 2.05) is 0 Å². The number of rotatable bonds is 7. The summed E-state index contributed by atoms with van der Waals surface area (Å²) >= 11 is 0. The highest BCUT2D eigenvalue weighted by Gasteiger charge is 2.44. The molecule has 9 nitrogen and oxygen atoms in total. The number of ether oxygens (including phenoxy) is 1. The van der Waals surface area contributed by atoms with E-state index < -0.39 is 42.3 Å². The van der Waals surface area contributed by atoms with Crippen LogP contribution in [0.5, 0.6) is 0 Å². The van der Waals surface area contributed by atoms with Gasteiger partial charge in [-0.2, -0.15) is 0 Å². The smallest absolute Gasteiger partial charge is 0.330 e. The molecule has 1 N–H and O–H groups in total. The van der Waals surface area contributed by atoms with Gasteiger partial charge < -0.3 is 15.0 Å². The first-order valence-electron chi connectivity index (χ1n) is 8.75. The average molecular weight is 389 g/mol. The number of likely N-dealkylation sites (N-methyl/N-ethyl adjacent to an activating group) is 1. The van der Waals surface area contributed by atoms with Crippen molar-refractivity contribution in [1.82, 2.24) is 15.1 Å². The summed E-state index contributed by atoms with van der Waals surface area (Å²) in [5, 5.41) is 2.33. The van der Waals surface area contributed by atoms with Crippen LogP contribution in [-0.4, -0.2) is 72.7 Å². The molecule has 1 aliphatic rings. The Bertz CT molecular complexity index is 783. The molecule has 0 saturated heterocycles. The second kappa shape index (κ2) is 8.64. The maximum absolute atomic E-state index is 12.6. The van der Waals surface area contributed by atoms with Crippen LogP contribution in [0.1, 0.15) is 34.6 Å². The minimum absolute atomic E-state index is 0.227. The SMILES string of the molecule is CC(C)[C@@H](C(=O)OCC(=O)NCC(=O)N(C)C)N1C(=O)c2ccccc2C1=O. The van der Waals surface area contributed by atoms with Gasteiger partial charge in [-0.3, -0.25) is 24.1 Å². The van der Waals surface area contributed by atoms with Gasteiger partial charge in [0.05, 0.1) is 17.7 Å². The quantitative estimate of drug-likeness (QED) is 0.521. The molecule has 0 radical (unpaired) electrons. The first-order chi connectivity index (χ1) is 13.1. The van der Waals surface area contributed by atoms with E-state index in [0.29, 0.717) is 0 Å². The molecule has 0 saturated carbocycles. The molecule has 2 rings (SSSR count). The largest absolute Gasteiger partial charge is 0.454 e. The number of nitrogens with zero attached hydrogens (tertiary/aromatic N) is 2. The van der Waals surface area contributed by atoms with Gasteiger partial charge in [-0.25, -0.2) is 4.79 Å². The molecule has 0 spiro atoms. The number of carbonyl (C=O) groups excluding carboxylic acids is 5. The van der Waals surface area contributed by atoms with Crippen molar-refractivity contribution in [3.63, 3.8) is 0 Å². The van der Waals surface area contributed by atoms with Crippen molar-refractivity contribution in [1.29, 1.82) is 0 Å². The average Bonchev–Trinajstić information content (AvgIpc) is 2.89. The number of nitrogens with one attached hydrogen (secondary N) is 1. The molecular weight excluding hydrogens is 366 g/mol. The molecule has 1 aromatic rings. The number of esters is 1. The van der Waals surface area contributed by atoms with Gasteiger partial charge in [0, 0.05) is 14.1 Å². The van der Waals surface area contributed by atoms with E-state index in [9.17, 15) is 24.0 Å². The Morgan fingerprint density at radius 3 is 2.07 bits per heavy atom. The monoisotopic (exact) mass is 389 g/mol. The summed E-state index contributed by atoms with van der Waals surface area (Å²) in [5.41, 5.74) is 0.455. The summed E-state index contributed by atoms with van der Waals surface area (Å²) in [5.74, 6) is -3.40. The number of carbonyl (C=O) groups is 5. The Hall–Kier alpha value is -3.23. The molecule has 1 atom stereocenters. The van der Waals surface area contributed by atoms with Crippen LogP contribution in [-0.2, 0) is 19.1 Å². The highest BCUT2D eigenvalue weighted by Crippen LogP contribution is 2.27. The van der Waals surface area contributed by atoms with Crippen LogP contribution in [0.25, 0.3) is 0 Å². The normalized spacial score (nSPS) is 14.0. The Balaban J connectivity index is 2.04. The minimum atomic E-state index is -1.16. The first-order valence-corrected chi connectivity index (χ1v) is 8.75. The molecule has 0 aromatic heterocycles. The van der Waals surface area contributed by atoms with Crippen LogP contribution in [0.3, 0.4) is 0 Å². The van der Waals surface area contributed by atoms with Crippen LogP contribution in [0, 0.1) is 5.92 Å². The number of hydrogen-bond donors (Lipinski definition) is 1. The maximum Gasteiger partial charge on any atom is 0.330 e. The van der Waals surface area contributed by atoms with E-state index in [2.05, 4.69) is 5.32 Å². The molecule has 0 bridgehead atoms. The molecule has 4 amide bonds. The zero-order valence-electron chi connectivity index (χ0n) is 16.2. The molecule has 0 fully saturated rings. The molecule has 1 aliphatic heterocycles. The summed E-state index contributed by atoms with van der Waals surface area (Å²) in [6, 6.07) is 5.15. The van der Waals surface area contributed by atoms with Crippen molar-refractivity contribution in [3.05, 3.63) is 35.4 Å². The van der Waals surface area contributed by atoms with Crippen molar-refractivity contribution < 1.29 is 28.7 Å². The lowest BCUT2D eigenvalue weighted by atomic mass is 10.0. The fourth-order valence-corrected chi connectivity index (χ4v) is 2.74. The zero-order chi connectivity index (χ0) is 21.0. The van der Waals surface area contributed by atoms with E-state index in [1.54, 1.807) is 40.1 Å². The first kappa shape index (κ1) is 21.1. The van der Waals surface area contributed by atoms with E-state index >= 15 is 0 Å². The summed E-state index contributed by atoms with van der Waals surface area (Å²) < 4.78 is 5.01. The lowest BCUT2D eigenvalue weighted by Gasteiger charge is -2.27. The number of amides is 4. The second-order valence-electron chi connectivity index (χ2n) is 6.89. The predicted molar refractivity (Wildman–Crippen MR) is 98.2 cm³/mol. The van der Waals surface area contributed by atoms with Crippen LogP contribution in [0.15, 0.2) is 24.3 Å². The highest BCUT2D eigenvalue weighted by molar-refractivity contribution is 6.22. The van der Waals surface area contributed by atoms with Gasteiger partial charge in [-0.05, 0) is 18.1 Å². The van der Waals surface area contributed by atoms with Gasteiger partial charge in [0.1, 0.15) is 6.04 Å². The van der Waals surface area contributed by atoms with Crippen LogP contribution in [0.2, 0.25) is 0 Å². The third-order valence-corrected chi connectivity index (χ3v) is 4.26. The summed E-state index contributed by atoms with van der Waals surface area (Å²) in [4.78, 5) is 63.2. The van der Waals surface area contributed by atoms with Crippen molar-refractivity contribution in [2.75, 3.05) is 27.2 Å². The molecule has 28 heavy (non-hydrogen) atoms. The molecule has 1 aromatic carbocycles. The standard InChI is InChI=1S/C19H23N3O6/c1-11(2)16(19(27)28-10-14(23)20-9-15(24)21(3)4)22-17(25)12-7-5-6-8-13(12)18(22)26/h5-8,11,16H,9-10H2,1-4H3,(H,20,23)/t16-/m0/s1. The Morgan fingerprint density at radius 2 is 1.61 bits per heavy atom. The van der Waals surface area contributed by atoms with Crippen molar-refractivity contribution >= 4 is 29.6 Å². The third kappa shape index (κ3) is 4.36. The summed E-state index contributed by atoms with van der Waals surface area (Å²) in [6.07, 6.45) is 0. The van der Waals surface area contributed by atoms with E-state index in [1.165, 1.54) is 17.0 Å². The molecular formula is C19H23N3O6. The molecule has 0 unspecified atom stereocenters. The minimum Gasteiger partial charge on any atom is -0.454 e. The molecule has 1 heterocycles. The maximum atomic E-state index is 12.6. The summed E-state index contributed by atoms with van der Waals surface area (Å²) in [6.45, 7) is 2.50. The Labute approximate surface area is 162 Å². The second-order valence-corrected chi connectivity index (χ2v) is 6.89. The van der Waals surface area contributed by atoms with Gasteiger partial charge >= 0.3 is 5.97 Å². The van der Waals surface area contributed by atoms with Gasteiger partial charge in [0.2, 0.25) is 5.91 Å². The number of imide groups is 1. The Kier molecular flexibility index (Phi) is 6.50. The van der Waals surface area contributed by atoms with E-state index in [-0.39, 0.29) is 23.6 Å². The van der Waals surface area contributed by atoms with E-state index in [4.69, 9.17) is 4.74 Å². The Morgan fingerprint density at radius 1 is 1.07 bits per heavy atom. The van der Waals surface area contributed by atoms with Gasteiger partial charge in [-0.1, -0.05) is 26.0 Å². The fraction of sp³-hybridized carbons (Fsp3) is 0.421. The molecule has 0 aliphatic carbocycles. The van der Waals surface area contributed by atoms with Gasteiger partial charge in [0.25, 0.3) is 17.7 Å². The lowest BCUT2D eigenvalue weighted by molar-refractivity contribution is -0.153. The number of hydrogen-bond acceptors (Lipinski definition) is 6. The fourth-order valence-electron chi connectivity index (χ4n) is 2.74. The van der Waals surface area contributed by atoms with Crippen molar-refractivity contribution in [3.8, 4) is 0 Å². The lowest BCUT2D eigenvalue weighted by Crippen LogP contribution is -2.49. The molecule has 150 valence electrons.